The van der Waals surface area contributed by atoms with Crippen molar-refractivity contribution >= 4 is 28.8 Å². The third-order valence-corrected chi connectivity index (χ3v) is 8.63. The van der Waals surface area contributed by atoms with Gasteiger partial charge in [0.05, 0.1) is 5.52 Å². The van der Waals surface area contributed by atoms with Gasteiger partial charge in [-0.1, -0.05) is 13.8 Å². The Kier molecular flexibility index (Phi) is 10.9. The molecule has 0 spiro atoms. The molecule has 0 radical (unpaired) electrons. The molecule has 5 heterocycles. The molecule has 0 aliphatic carbocycles. The molecule has 0 saturated carbocycles. The highest BCUT2D eigenvalue weighted by atomic mass is 16.5. The molecule has 2 N–H and O–H groups in total. The maximum absolute atomic E-state index is 12.9. The number of nitrogens with zero attached hydrogens (tertiary/aromatic N) is 4. The summed E-state index contributed by atoms with van der Waals surface area (Å²) >= 11 is 0. The van der Waals surface area contributed by atoms with E-state index in [1.54, 1.807) is 29.1 Å². The quantitative estimate of drug-likeness (QED) is 0.327. The number of likely N-dealkylation sites (tertiary alicyclic amines) is 2. The van der Waals surface area contributed by atoms with Gasteiger partial charge in [-0.3, -0.25) is 9.88 Å². The molecule has 232 valence electrons. The predicted octanol–water partition coefficient (Wildman–Crippen LogP) is 6.46. The van der Waals surface area contributed by atoms with Gasteiger partial charge >= 0.3 is 12.1 Å². The first-order chi connectivity index (χ1) is 21.0. The van der Waals surface area contributed by atoms with Gasteiger partial charge in [-0.15, -0.1) is 0 Å². The van der Waals surface area contributed by atoms with Crippen LogP contribution in [-0.2, 0) is 4.74 Å². The van der Waals surface area contributed by atoms with Crippen molar-refractivity contribution in [2.24, 2.45) is 0 Å². The molecule has 3 aromatic rings. The van der Waals surface area contributed by atoms with Gasteiger partial charge in [-0.25, -0.2) is 14.6 Å². The molecule has 0 bridgehead atoms. The van der Waals surface area contributed by atoms with Crippen molar-refractivity contribution in [3.63, 3.8) is 0 Å². The maximum atomic E-state index is 12.9. The number of aromatic nitrogens is 2. The Morgan fingerprint density at radius 2 is 1.65 bits per heavy atom. The lowest BCUT2D eigenvalue weighted by Crippen LogP contribution is -2.47. The minimum absolute atomic E-state index is 0.121. The zero-order valence-corrected chi connectivity index (χ0v) is 25.6. The number of pyridine rings is 1. The Hall–Kier alpha value is -3.63. The van der Waals surface area contributed by atoms with E-state index in [-0.39, 0.29) is 18.1 Å². The van der Waals surface area contributed by atoms with Crippen LogP contribution in [0.25, 0.3) is 10.9 Å². The van der Waals surface area contributed by atoms with E-state index in [0.29, 0.717) is 23.4 Å². The molecule has 1 aromatic carbocycles. The largest absolute Gasteiger partial charge is 0.457 e. The highest BCUT2D eigenvalue weighted by Gasteiger charge is 2.28. The third-order valence-electron chi connectivity index (χ3n) is 8.63. The van der Waals surface area contributed by atoms with Crippen LogP contribution in [0.3, 0.4) is 0 Å². The molecule has 0 atom stereocenters. The lowest BCUT2D eigenvalue weighted by atomic mass is 10.0. The van der Waals surface area contributed by atoms with E-state index in [4.69, 9.17) is 9.47 Å². The van der Waals surface area contributed by atoms with Crippen LogP contribution >= 0.6 is 0 Å². The molecule has 3 fully saturated rings. The summed E-state index contributed by atoms with van der Waals surface area (Å²) in [7, 11) is 0. The Bertz CT molecular complexity index is 1330. The summed E-state index contributed by atoms with van der Waals surface area (Å²) < 4.78 is 12.6. The number of carbonyl (C=O) groups is 2. The second-order valence-electron chi connectivity index (χ2n) is 11.6. The predicted molar refractivity (Wildman–Crippen MR) is 169 cm³/mol. The fourth-order valence-corrected chi connectivity index (χ4v) is 6.02. The molecule has 10 nitrogen and oxygen atoms in total. The molecule has 10 heteroatoms. The van der Waals surface area contributed by atoms with Crippen molar-refractivity contribution < 1.29 is 19.1 Å². The van der Waals surface area contributed by atoms with Gasteiger partial charge in [0.1, 0.15) is 17.3 Å². The van der Waals surface area contributed by atoms with E-state index in [1.165, 1.54) is 38.8 Å². The summed E-state index contributed by atoms with van der Waals surface area (Å²) in [6, 6.07) is 11.5. The fourth-order valence-electron chi connectivity index (χ4n) is 6.02. The molecule has 2 aromatic heterocycles. The van der Waals surface area contributed by atoms with Gasteiger partial charge in [0.25, 0.3) is 0 Å². The maximum Gasteiger partial charge on any atom is 0.326 e. The van der Waals surface area contributed by atoms with E-state index in [9.17, 15) is 9.59 Å². The van der Waals surface area contributed by atoms with Gasteiger partial charge in [-0.2, -0.15) is 0 Å². The third kappa shape index (κ3) is 8.26. The second kappa shape index (κ2) is 15.2. The summed E-state index contributed by atoms with van der Waals surface area (Å²) in [4.78, 5) is 34.3. The first-order valence-corrected chi connectivity index (χ1v) is 16.0. The Morgan fingerprint density at radius 3 is 2.33 bits per heavy atom. The van der Waals surface area contributed by atoms with Crippen molar-refractivity contribution in [2.45, 2.75) is 77.3 Å². The van der Waals surface area contributed by atoms with Crippen LogP contribution in [0.15, 0.2) is 48.8 Å². The minimum Gasteiger partial charge on any atom is -0.457 e. The Morgan fingerprint density at radius 1 is 0.930 bits per heavy atom. The van der Waals surface area contributed by atoms with Crippen molar-refractivity contribution in [2.75, 3.05) is 44.7 Å². The summed E-state index contributed by atoms with van der Waals surface area (Å²) in [5.41, 5.74) is 0.817. The van der Waals surface area contributed by atoms with Crippen LogP contribution in [0.2, 0.25) is 0 Å². The zero-order chi connectivity index (χ0) is 30.0. The van der Waals surface area contributed by atoms with Gasteiger partial charge in [0, 0.05) is 62.2 Å². The van der Waals surface area contributed by atoms with Crippen molar-refractivity contribution in [3.05, 3.63) is 48.8 Å². The number of urea groups is 1. The van der Waals surface area contributed by atoms with E-state index < -0.39 is 0 Å². The lowest BCUT2D eigenvalue weighted by molar-refractivity contribution is 0.140. The average Bonchev–Trinajstić information content (AvgIpc) is 3.84. The summed E-state index contributed by atoms with van der Waals surface area (Å²) in [5, 5.41) is 6.90. The average molecular weight is 591 g/mol. The van der Waals surface area contributed by atoms with Crippen molar-refractivity contribution in [1.82, 2.24) is 24.7 Å². The normalized spacial score (nSPS) is 17.6. The number of benzene rings is 1. The topological polar surface area (TPSA) is 101 Å². The zero-order valence-electron chi connectivity index (χ0n) is 25.6. The van der Waals surface area contributed by atoms with E-state index in [0.717, 1.165) is 62.9 Å². The molecular formula is C33H46N6O4. The van der Waals surface area contributed by atoms with Crippen molar-refractivity contribution in [1.29, 1.82) is 0 Å². The number of fused-ring (bicyclic) bond motifs is 1. The number of carbonyl (C=O) groups excluding carboxylic acids is 2. The lowest BCUT2D eigenvalue weighted by Gasteiger charge is -2.36. The number of amides is 3. The minimum atomic E-state index is -0.128. The Labute approximate surface area is 254 Å². The van der Waals surface area contributed by atoms with Gasteiger partial charge in [0.2, 0.25) is 0 Å². The van der Waals surface area contributed by atoms with E-state index >= 15 is 0 Å². The van der Waals surface area contributed by atoms with Crippen LogP contribution in [0.5, 0.6) is 11.5 Å². The van der Waals surface area contributed by atoms with Crippen LogP contribution < -0.4 is 15.4 Å². The molecule has 3 aliphatic rings. The summed E-state index contributed by atoms with van der Waals surface area (Å²) in [6.45, 7) is 10.1. The first kappa shape index (κ1) is 30.8. The molecule has 43 heavy (non-hydrogen) atoms. The SMILES string of the molecule is C1CCOC1.CCC(CC)NC(=O)n1ccc2cc(Oc3ccnc(NC(=O)N4CCC(N5CCCC5)CC4)c3)ccc21. The molecule has 3 amide bonds. The highest BCUT2D eigenvalue weighted by molar-refractivity contribution is 5.92. The van der Waals surface area contributed by atoms with Crippen LogP contribution in [0, 0.1) is 0 Å². The van der Waals surface area contributed by atoms with Gasteiger partial charge in [0.15, 0.2) is 0 Å². The molecule has 0 unspecified atom stereocenters. The van der Waals surface area contributed by atoms with Gasteiger partial charge < -0.3 is 24.6 Å². The van der Waals surface area contributed by atoms with Crippen LogP contribution in [0.4, 0.5) is 15.4 Å². The second-order valence-corrected chi connectivity index (χ2v) is 11.6. The van der Waals surface area contributed by atoms with Crippen LogP contribution in [0.1, 0.15) is 65.2 Å². The molecule has 3 saturated heterocycles. The number of hydrogen-bond donors (Lipinski definition) is 2. The fraction of sp³-hybridized carbons (Fsp3) is 0.545. The van der Waals surface area contributed by atoms with Gasteiger partial charge in [-0.05, 0) is 94.8 Å². The van der Waals surface area contributed by atoms with Crippen molar-refractivity contribution in [3.8, 4) is 11.5 Å². The number of piperidine rings is 1. The van der Waals surface area contributed by atoms with E-state index in [2.05, 4.69) is 34.4 Å². The molecule has 3 aliphatic heterocycles. The molecule has 6 rings (SSSR count). The highest BCUT2D eigenvalue weighted by Crippen LogP contribution is 2.28. The Balaban J connectivity index is 0.000000668. The number of ether oxygens (including phenoxy) is 2. The molecular weight excluding hydrogens is 544 g/mol. The first-order valence-electron chi connectivity index (χ1n) is 16.0. The summed E-state index contributed by atoms with van der Waals surface area (Å²) in [5.74, 6) is 1.68. The standard InChI is InChI=1S/C29H38N6O3.C4H8O/c1-3-22(4-2)31-29(37)35-18-10-21-19-24(7-8-26(21)35)38-25-9-13-30-27(20-25)32-28(36)34-16-11-23(12-17-34)33-14-5-6-15-33;1-2-4-5-3-1/h7-10,13,18-20,22-23H,3-6,11-12,14-17H2,1-2H3,(H,31,37)(H,30,32,36);1-4H2. The van der Waals surface area contributed by atoms with Crippen LogP contribution in [-0.4, -0.2) is 82.9 Å². The number of nitrogens with one attached hydrogen (secondary N) is 2. The van der Waals surface area contributed by atoms with E-state index in [1.807, 2.05) is 29.2 Å². The monoisotopic (exact) mass is 590 g/mol. The smallest absolute Gasteiger partial charge is 0.326 e. The summed E-state index contributed by atoms with van der Waals surface area (Å²) in [6.07, 6.45) is 12.4. The number of anilines is 1. The number of rotatable bonds is 7. The number of hydrogen-bond acceptors (Lipinski definition) is 6.